The number of hydrogen-bond donors (Lipinski definition) is 0. The molecule has 0 unspecified atom stereocenters. The first-order valence-corrected chi connectivity index (χ1v) is 8.35. The maximum atomic E-state index is 12.6. The maximum absolute atomic E-state index is 12.6. The molecule has 2 rings (SSSR count). The SMILES string of the molecule is Cc1cc(C)c(S(=O)(=O)N2CCCC2)c(C)c1Br. The molecule has 0 radical (unpaired) electrons. The number of aryl methyl sites for hydroxylation is 2. The smallest absolute Gasteiger partial charge is 0.207 e. The van der Waals surface area contributed by atoms with E-state index in [1.54, 1.807) is 4.31 Å². The predicted molar refractivity (Wildman–Crippen MR) is 76.3 cm³/mol. The molecule has 0 aromatic heterocycles. The van der Waals surface area contributed by atoms with Crippen molar-refractivity contribution < 1.29 is 8.42 Å². The molecule has 1 aromatic carbocycles. The van der Waals surface area contributed by atoms with Crippen LogP contribution in [0.2, 0.25) is 0 Å². The molecule has 0 bridgehead atoms. The second-order valence-electron chi connectivity index (χ2n) is 4.89. The minimum absolute atomic E-state index is 0.474. The zero-order valence-corrected chi connectivity index (χ0v) is 13.4. The minimum Gasteiger partial charge on any atom is -0.207 e. The number of nitrogens with zero attached hydrogens (tertiary/aromatic N) is 1. The lowest BCUT2D eigenvalue weighted by molar-refractivity contribution is 0.476. The fourth-order valence-corrected chi connectivity index (χ4v) is 5.00. The standard InChI is InChI=1S/C13H18BrNO2S/c1-9-8-10(2)13(11(3)12(9)14)18(16,17)15-6-4-5-7-15/h8H,4-7H2,1-3H3. The molecule has 100 valence electrons. The van der Waals surface area contributed by atoms with Gasteiger partial charge in [-0.25, -0.2) is 8.42 Å². The van der Waals surface area contributed by atoms with Crippen LogP contribution in [-0.4, -0.2) is 25.8 Å². The van der Waals surface area contributed by atoms with Gasteiger partial charge in [-0.05, 0) is 50.3 Å². The second-order valence-corrected chi connectivity index (χ2v) is 7.56. The Morgan fingerprint density at radius 1 is 1.11 bits per heavy atom. The van der Waals surface area contributed by atoms with Crippen molar-refractivity contribution in [3.05, 3.63) is 27.2 Å². The minimum atomic E-state index is -3.34. The number of benzene rings is 1. The van der Waals surface area contributed by atoms with E-state index < -0.39 is 10.0 Å². The summed E-state index contributed by atoms with van der Waals surface area (Å²) in [5.41, 5.74) is 2.73. The summed E-state index contributed by atoms with van der Waals surface area (Å²) < 4.78 is 27.8. The highest BCUT2D eigenvalue weighted by atomic mass is 79.9. The molecule has 1 saturated heterocycles. The summed E-state index contributed by atoms with van der Waals surface area (Å²) in [7, 11) is -3.34. The fraction of sp³-hybridized carbons (Fsp3) is 0.538. The molecule has 1 aromatic rings. The molecule has 0 atom stereocenters. The monoisotopic (exact) mass is 331 g/mol. The Hall–Kier alpha value is -0.390. The normalized spacial score (nSPS) is 17.3. The van der Waals surface area contributed by atoms with Gasteiger partial charge in [-0.2, -0.15) is 4.31 Å². The summed E-state index contributed by atoms with van der Waals surface area (Å²) in [6.07, 6.45) is 1.93. The van der Waals surface area contributed by atoms with E-state index in [1.807, 2.05) is 26.8 Å². The molecule has 0 spiro atoms. The summed E-state index contributed by atoms with van der Waals surface area (Å²) in [6.45, 7) is 7.01. The summed E-state index contributed by atoms with van der Waals surface area (Å²) in [6, 6.07) is 1.93. The third kappa shape index (κ3) is 2.24. The van der Waals surface area contributed by atoms with E-state index in [2.05, 4.69) is 15.9 Å². The molecule has 5 heteroatoms. The highest BCUT2D eigenvalue weighted by Gasteiger charge is 2.30. The van der Waals surface area contributed by atoms with E-state index in [4.69, 9.17) is 0 Å². The molecule has 1 aliphatic heterocycles. The third-order valence-electron chi connectivity index (χ3n) is 3.47. The number of sulfonamides is 1. The molecule has 0 N–H and O–H groups in total. The molecule has 1 heterocycles. The van der Waals surface area contributed by atoms with Crippen molar-refractivity contribution in [1.29, 1.82) is 0 Å². The molecule has 18 heavy (non-hydrogen) atoms. The van der Waals surface area contributed by atoms with Crippen molar-refractivity contribution in [2.45, 2.75) is 38.5 Å². The summed E-state index contributed by atoms with van der Waals surface area (Å²) >= 11 is 3.48. The molecule has 1 aliphatic rings. The van der Waals surface area contributed by atoms with E-state index in [0.717, 1.165) is 34.0 Å². The molecule has 3 nitrogen and oxygen atoms in total. The highest BCUT2D eigenvalue weighted by Crippen LogP contribution is 2.32. The number of halogens is 1. The number of hydrogen-bond acceptors (Lipinski definition) is 2. The van der Waals surface area contributed by atoms with Gasteiger partial charge in [0.05, 0.1) is 4.90 Å². The zero-order valence-electron chi connectivity index (χ0n) is 11.0. The largest absolute Gasteiger partial charge is 0.243 e. The van der Waals surface area contributed by atoms with Crippen molar-refractivity contribution in [3.63, 3.8) is 0 Å². The van der Waals surface area contributed by atoms with Gasteiger partial charge in [0.25, 0.3) is 0 Å². The molecular formula is C13H18BrNO2S. The Bertz CT molecular complexity index is 575. The fourth-order valence-electron chi connectivity index (χ4n) is 2.60. The lowest BCUT2D eigenvalue weighted by atomic mass is 10.1. The van der Waals surface area contributed by atoms with E-state index in [0.29, 0.717) is 18.0 Å². The van der Waals surface area contributed by atoms with Gasteiger partial charge in [-0.1, -0.05) is 22.0 Å². The first-order valence-electron chi connectivity index (χ1n) is 6.12. The van der Waals surface area contributed by atoms with E-state index in [1.165, 1.54) is 0 Å². The van der Waals surface area contributed by atoms with E-state index in [-0.39, 0.29) is 0 Å². The summed E-state index contributed by atoms with van der Waals surface area (Å²) in [4.78, 5) is 0.474. The third-order valence-corrected chi connectivity index (χ3v) is 6.88. The maximum Gasteiger partial charge on any atom is 0.243 e. The highest BCUT2D eigenvalue weighted by molar-refractivity contribution is 9.10. The van der Waals surface area contributed by atoms with Gasteiger partial charge in [0, 0.05) is 17.6 Å². The molecule has 0 amide bonds. The van der Waals surface area contributed by atoms with E-state index in [9.17, 15) is 8.42 Å². The van der Waals surface area contributed by atoms with Crippen LogP contribution in [0.15, 0.2) is 15.4 Å². The van der Waals surface area contributed by atoms with Crippen LogP contribution < -0.4 is 0 Å². The average molecular weight is 332 g/mol. The van der Waals surface area contributed by atoms with Crippen molar-refractivity contribution in [2.75, 3.05) is 13.1 Å². The van der Waals surface area contributed by atoms with Gasteiger partial charge in [0.15, 0.2) is 0 Å². The predicted octanol–water partition coefficient (Wildman–Crippen LogP) is 3.16. The zero-order chi connectivity index (χ0) is 13.5. The van der Waals surface area contributed by atoms with Crippen LogP contribution in [0.5, 0.6) is 0 Å². The van der Waals surface area contributed by atoms with Crippen molar-refractivity contribution in [3.8, 4) is 0 Å². The Balaban J connectivity index is 2.61. The van der Waals surface area contributed by atoms with Crippen molar-refractivity contribution in [2.24, 2.45) is 0 Å². The lowest BCUT2D eigenvalue weighted by Crippen LogP contribution is -2.29. The van der Waals surface area contributed by atoms with Crippen LogP contribution in [0.4, 0.5) is 0 Å². The second kappa shape index (κ2) is 4.94. The van der Waals surface area contributed by atoms with Gasteiger partial charge in [-0.3, -0.25) is 0 Å². The quantitative estimate of drug-likeness (QED) is 0.834. The van der Waals surface area contributed by atoms with Crippen LogP contribution in [0.25, 0.3) is 0 Å². The molecule has 0 aliphatic carbocycles. The first kappa shape index (κ1) is 14.0. The van der Waals surface area contributed by atoms with Crippen LogP contribution in [0.3, 0.4) is 0 Å². The Morgan fingerprint density at radius 3 is 2.22 bits per heavy atom. The summed E-state index contributed by atoms with van der Waals surface area (Å²) in [5.74, 6) is 0. The van der Waals surface area contributed by atoms with Gasteiger partial charge in [0.1, 0.15) is 0 Å². The Labute approximate surface area is 117 Å². The van der Waals surface area contributed by atoms with Gasteiger partial charge in [0.2, 0.25) is 10.0 Å². The first-order chi connectivity index (χ1) is 8.35. The van der Waals surface area contributed by atoms with Crippen molar-refractivity contribution >= 4 is 26.0 Å². The van der Waals surface area contributed by atoms with Crippen LogP contribution >= 0.6 is 15.9 Å². The summed E-state index contributed by atoms with van der Waals surface area (Å²) in [5, 5.41) is 0. The van der Waals surface area contributed by atoms with Crippen LogP contribution in [0.1, 0.15) is 29.5 Å². The topological polar surface area (TPSA) is 37.4 Å². The Kier molecular flexibility index (Phi) is 3.85. The molecular weight excluding hydrogens is 314 g/mol. The van der Waals surface area contributed by atoms with Gasteiger partial charge >= 0.3 is 0 Å². The molecule has 0 saturated carbocycles. The average Bonchev–Trinajstić information content (AvgIpc) is 2.79. The number of rotatable bonds is 2. The molecule has 1 fully saturated rings. The lowest BCUT2D eigenvalue weighted by Gasteiger charge is -2.20. The Morgan fingerprint density at radius 2 is 1.67 bits per heavy atom. The van der Waals surface area contributed by atoms with Crippen LogP contribution in [0, 0.1) is 20.8 Å². The van der Waals surface area contributed by atoms with Gasteiger partial charge < -0.3 is 0 Å². The van der Waals surface area contributed by atoms with E-state index >= 15 is 0 Å². The van der Waals surface area contributed by atoms with Crippen molar-refractivity contribution in [1.82, 2.24) is 4.31 Å². The van der Waals surface area contributed by atoms with Crippen LogP contribution in [-0.2, 0) is 10.0 Å². The van der Waals surface area contributed by atoms with Gasteiger partial charge in [-0.15, -0.1) is 0 Å².